The predicted molar refractivity (Wildman–Crippen MR) is 67.8 cm³/mol. The number of aromatic nitrogens is 1. The molecule has 2 unspecified atom stereocenters. The van der Waals surface area contributed by atoms with E-state index in [0.717, 1.165) is 31.4 Å². The Morgan fingerprint density at radius 2 is 2.47 bits per heavy atom. The number of ketones is 1. The van der Waals surface area contributed by atoms with E-state index < -0.39 is 0 Å². The number of aryl methyl sites for hydroxylation is 1. The Morgan fingerprint density at radius 1 is 1.65 bits per heavy atom. The molecule has 1 aromatic rings. The lowest BCUT2D eigenvalue weighted by atomic mass is 9.79. The van der Waals surface area contributed by atoms with Gasteiger partial charge in [-0.25, -0.2) is 0 Å². The summed E-state index contributed by atoms with van der Waals surface area (Å²) in [5.41, 5.74) is 7.91. The van der Waals surface area contributed by atoms with Crippen LogP contribution in [0.3, 0.4) is 0 Å². The van der Waals surface area contributed by atoms with Crippen LogP contribution in [0, 0.1) is 5.92 Å². The summed E-state index contributed by atoms with van der Waals surface area (Å²) in [6.45, 7) is 2.48. The molecule has 0 aliphatic heterocycles. The number of fused-ring (bicyclic) bond motifs is 1. The SMILES string of the molecule is CCC(CN)C(=O)C1CCCc2cccnc21. The predicted octanol–water partition coefficient (Wildman–Crippen LogP) is 2.06. The fourth-order valence-corrected chi connectivity index (χ4v) is 2.65. The lowest BCUT2D eigenvalue weighted by Gasteiger charge is -2.25. The van der Waals surface area contributed by atoms with Crippen LogP contribution in [-0.4, -0.2) is 17.3 Å². The zero-order valence-corrected chi connectivity index (χ0v) is 10.4. The average Bonchev–Trinajstić information content (AvgIpc) is 2.39. The average molecular weight is 232 g/mol. The number of Topliss-reactive ketones (excluding diaryl/α,β-unsaturated/α-hetero) is 1. The molecule has 0 radical (unpaired) electrons. The topological polar surface area (TPSA) is 56.0 Å². The third-order valence-corrected chi connectivity index (χ3v) is 3.72. The van der Waals surface area contributed by atoms with Gasteiger partial charge < -0.3 is 5.73 Å². The van der Waals surface area contributed by atoms with E-state index in [1.807, 2.05) is 13.0 Å². The van der Waals surface area contributed by atoms with E-state index in [9.17, 15) is 4.79 Å². The maximum Gasteiger partial charge on any atom is 0.146 e. The van der Waals surface area contributed by atoms with Gasteiger partial charge in [0.2, 0.25) is 0 Å². The highest BCUT2D eigenvalue weighted by Crippen LogP contribution is 2.32. The van der Waals surface area contributed by atoms with E-state index >= 15 is 0 Å². The third kappa shape index (κ3) is 2.39. The van der Waals surface area contributed by atoms with Gasteiger partial charge in [-0.3, -0.25) is 9.78 Å². The second-order valence-corrected chi connectivity index (χ2v) is 4.74. The molecular weight excluding hydrogens is 212 g/mol. The van der Waals surface area contributed by atoms with E-state index in [1.54, 1.807) is 6.20 Å². The first-order chi connectivity index (χ1) is 8.27. The zero-order chi connectivity index (χ0) is 12.3. The summed E-state index contributed by atoms with van der Waals surface area (Å²) in [7, 11) is 0. The van der Waals surface area contributed by atoms with Crippen molar-refractivity contribution in [1.82, 2.24) is 4.98 Å². The Labute approximate surface area is 102 Å². The molecule has 92 valence electrons. The highest BCUT2D eigenvalue weighted by Gasteiger charge is 2.30. The van der Waals surface area contributed by atoms with Crippen LogP contribution in [0.5, 0.6) is 0 Å². The molecule has 1 heterocycles. The number of rotatable bonds is 4. The van der Waals surface area contributed by atoms with E-state index in [2.05, 4.69) is 11.1 Å². The molecule has 0 aromatic carbocycles. The Bertz CT molecular complexity index is 399. The minimum Gasteiger partial charge on any atom is -0.330 e. The summed E-state index contributed by atoms with van der Waals surface area (Å²) < 4.78 is 0. The zero-order valence-electron chi connectivity index (χ0n) is 10.4. The molecule has 2 N–H and O–H groups in total. The molecule has 0 fully saturated rings. The summed E-state index contributed by atoms with van der Waals surface area (Å²) in [6.07, 6.45) is 5.67. The van der Waals surface area contributed by atoms with Crippen LogP contribution in [0.15, 0.2) is 18.3 Å². The fourth-order valence-electron chi connectivity index (χ4n) is 2.65. The lowest BCUT2D eigenvalue weighted by molar-refractivity contribution is -0.124. The number of hydrogen-bond donors (Lipinski definition) is 1. The van der Waals surface area contributed by atoms with Crippen molar-refractivity contribution in [2.24, 2.45) is 11.7 Å². The quantitative estimate of drug-likeness (QED) is 0.864. The molecule has 0 saturated carbocycles. The number of nitrogens with two attached hydrogens (primary N) is 1. The number of carbonyl (C=O) groups is 1. The molecule has 17 heavy (non-hydrogen) atoms. The summed E-state index contributed by atoms with van der Waals surface area (Å²) in [6, 6.07) is 4.04. The van der Waals surface area contributed by atoms with Gasteiger partial charge >= 0.3 is 0 Å². The molecule has 0 saturated heterocycles. The van der Waals surface area contributed by atoms with Crippen LogP contribution in [-0.2, 0) is 11.2 Å². The molecule has 3 nitrogen and oxygen atoms in total. The minimum absolute atomic E-state index is 0.00652. The Balaban J connectivity index is 2.26. The van der Waals surface area contributed by atoms with Crippen LogP contribution in [0.2, 0.25) is 0 Å². The maximum atomic E-state index is 12.4. The van der Waals surface area contributed by atoms with Crippen molar-refractivity contribution in [3.63, 3.8) is 0 Å². The van der Waals surface area contributed by atoms with Gasteiger partial charge in [0.05, 0.1) is 11.6 Å². The summed E-state index contributed by atoms with van der Waals surface area (Å²) in [4.78, 5) is 16.8. The Kier molecular flexibility index (Phi) is 3.89. The van der Waals surface area contributed by atoms with Gasteiger partial charge in [-0.15, -0.1) is 0 Å². The molecule has 1 aliphatic carbocycles. The number of nitrogens with zero attached hydrogens (tertiary/aromatic N) is 1. The van der Waals surface area contributed by atoms with Crippen LogP contribution in [0.25, 0.3) is 0 Å². The van der Waals surface area contributed by atoms with Crippen molar-refractivity contribution >= 4 is 5.78 Å². The van der Waals surface area contributed by atoms with E-state index in [0.29, 0.717) is 6.54 Å². The van der Waals surface area contributed by atoms with Gasteiger partial charge in [-0.2, -0.15) is 0 Å². The van der Waals surface area contributed by atoms with Crippen LogP contribution in [0.4, 0.5) is 0 Å². The number of hydrogen-bond acceptors (Lipinski definition) is 3. The van der Waals surface area contributed by atoms with E-state index in [-0.39, 0.29) is 17.6 Å². The summed E-state index contributed by atoms with van der Waals surface area (Å²) >= 11 is 0. The van der Waals surface area contributed by atoms with E-state index in [4.69, 9.17) is 5.73 Å². The van der Waals surface area contributed by atoms with Crippen molar-refractivity contribution < 1.29 is 4.79 Å². The first-order valence-electron chi connectivity index (χ1n) is 6.45. The van der Waals surface area contributed by atoms with Gasteiger partial charge in [0.25, 0.3) is 0 Å². The van der Waals surface area contributed by atoms with Crippen molar-refractivity contribution in [2.75, 3.05) is 6.54 Å². The Morgan fingerprint density at radius 3 is 3.18 bits per heavy atom. The second-order valence-electron chi connectivity index (χ2n) is 4.74. The first kappa shape index (κ1) is 12.2. The van der Waals surface area contributed by atoms with Gasteiger partial charge in [-0.05, 0) is 37.3 Å². The van der Waals surface area contributed by atoms with Crippen molar-refractivity contribution in [3.05, 3.63) is 29.6 Å². The van der Waals surface area contributed by atoms with E-state index in [1.165, 1.54) is 5.56 Å². The summed E-state index contributed by atoms with van der Waals surface area (Å²) in [5.74, 6) is 0.260. The Hall–Kier alpha value is -1.22. The molecule has 0 bridgehead atoms. The van der Waals surface area contributed by atoms with Crippen molar-refractivity contribution in [2.45, 2.75) is 38.5 Å². The van der Waals surface area contributed by atoms with Gasteiger partial charge in [0, 0.05) is 18.7 Å². The van der Waals surface area contributed by atoms with Crippen molar-refractivity contribution in [3.8, 4) is 0 Å². The largest absolute Gasteiger partial charge is 0.330 e. The molecule has 2 atom stereocenters. The maximum absolute atomic E-state index is 12.4. The summed E-state index contributed by atoms with van der Waals surface area (Å²) in [5, 5.41) is 0. The standard InChI is InChI=1S/C14H20N2O/c1-2-10(9-15)14(17)12-7-3-5-11-6-4-8-16-13(11)12/h4,6,8,10,12H,2-3,5,7,9,15H2,1H3. The molecule has 0 spiro atoms. The normalized spacial score (nSPS) is 20.7. The smallest absolute Gasteiger partial charge is 0.146 e. The lowest BCUT2D eigenvalue weighted by Crippen LogP contribution is -2.30. The molecular formula is C14H20N2O. The highest BCUT2D eigenvalue weighted by atomic mass is 16.1. The van der Waals surface area contributed by atoms with Crippen LogP contribution < -0.4 is 5.73 Å². The molecule has 0 amide bonds. The second kappa shape index (κ2) is 5.41. The molecule has 3 heteroatoms. The molecule has 2 rings (SSSR count). The van der Waals surface area contributed by atoms with Gasteiger partial charge in [0.15, 0.2) is 0 Å². The fraction of sp³-hybridized carbons (Fsp3) is 0.571. The van der Waals surface area contributed by atoms with Crippen LogP contribution >= 0.6 is 0 Å². The molecule has 1 aliphatic rings. The minimum atomic E-state index is -0.0200. The highest BCUT2D eigenvalue weighted by molar-refractivity contribution is 5.88. The first-order valence-corrected chi connectivity index (χ1v) is 6.45. The number of pyridine rings is 1. The monoisotopic (exact) mass is 232 g/mol. The van der Waals surface area contributed by atoms with Gasteiger partial charge in [-0.1, -0.05) is 13.0 Å². The van der Waals surface area contributed by atoms with Crippen molar-refractivity contribution in [1.29, 1.82) is 0 Å². The third-order valence-electron chi connectivity index (χ3n) is 3.72. The molecule has 1 aromatic heterocycles. The number of carbonyl (C=O) groups excluding carboxylic acids is 1. The van der Waals surface area contributed by atoms with Crippen LogP contribution in [0.1, 0.15) is 43.4 Å². The van der Waals surface area contributed by atoms with Gasteiger partial charge in [0.1, 0.15) is 5.78 Å².